The topological polar surface area (TPSA) is 104 Å². The van der Waals surface area contributed by atoms with Crippen molar-refractivity contribution in [2.75, 3.05) is 12.4 Å². The molecule has 1 aromatic carbocycles. The molecule has 2 bridgehead atoms. The molecule has 3 N–H and O–H groups in total. The molecule has 1 aromatic rings. The van der Waals surface area contributed by atoms with Gasteiger partial charge < -0.3 is 16.0 Å². The summed E-state index contributed by atoms with van der Waals surface area (Å²) in [6, 6.07) is 2.13. The minimum Gasteiger partial charge on any atom is -0.353 e. The Labute approximate surface area is 202 Å². The van der Waals surface area contributed by atoms with Gasteiger partial charge in [0.2, 0.25) is 17.6 Å². The Kier molecular flexibility index (Phi) is 6.93. The standard InChI is InChI=1S/C22H23ClF5N3O4/c1-19(24,25)6-5-14(15(32)17(34)29-2)30-16(33)12-7-11(23)3-4-13(12)31-18(35)20-8-21(9-20,10-20)22(26,27)28/h3-4,7,14H,5-6,8-10H2,1-2H3,(H,29,34)(H,30,33)(H,31,35)/t14-,20?,21?/m0/s1. The van der Waals surface area contributed by atoms with Crippen LogP contribution in [0.3, 0.4) is 0 Å². The van der Waals surface area contributed by atoms with E-state index in [1.54, 1.807) is 0 Å². The number of anilines is 1. The van der Waals surface area contributed by atoms with E-state index in [0.29, 0.717) is 6.92 Å². The smallest absolute Gasteiger partial charge is 0.353 e. The summed E-state index contributed by atoms with van der Waals surface area (Å²) in [6.45, 7) is 0.620. The van der Waals surface area contributed by atoms with E-state index in [2.05, 4.69) is 16.0 Å². The zero-order chi connectivity index (χ0) is 26.4. The Morgan fingerprint density at radius 3 is 2.20 bits per heavy atom. The summed E-state index contributed by atoms with van der Waals surface area (Å²) in [5, 5.41) is 6.80. The van der Waals surface area contributed by atoms with Crippen molar-refractivity contribution < 1.29 is 41.1 Å². The van der Waals surface area contributed by atoms with Crippen molar-refractivity contribution in [2.45, 2.75) is 57.2 Å². The van der Waals surface area contributed by atoms with E-state index in [1.165, 1.54) is 12.1 Å². The fourth-order valence-corrected chi connectivity index (χ4v) is 4.75. The molecular weight excluding hydrogens is 501 g/mol. The van der Waals surface area contributed by atoms with Crippen molar-refractivity contribution in [1.82, 2.24) is 10.6 Å². The summed E-state index contributed by atoms with van der Waals surface area (Å²) in [5.41, 5.74) is -3.37. The van der Waals surface area contributed by atoms with Gasteiger partial charge in [0.15, 0.2) is 0 Å². The molecule has 1 atom stereocenters. The number of Topliss-reactive ketones (excluding diaryl/α,β-unsaturated/α-hetero) is 1. The van der Waals surface area contributed by atoms with Crippen LogP contribution in [-0.2, 0) is 14.4 Å². The molecule has 0 heterocycles. The number of hydrogen-bond acceptors (Lipinski definition) is 4. The maximum Gasteiger partial charge on any atom is 0.394 e. The molecule has 0 aromatic heterocycles. The van der Waals surface area contributed by atoms with Crippen LogP contribution in [0.4, 0.5) is 27.6 Å². The second-order valence-corrected chi connectivity index (χ2v) is 9.75. The maximum absolute atomic E-state index is 13.3. The molecule has 3 amide bonds. The molecular formula is C22H23ClF5N3O4. The summed E-state index contributed by atoms with van der Waals surface area (Å²) in [6.07, 6.45) is -6.80. The quantitative estimate of drug-likeness (QED) is 0.338. The van der Waals surface area contributed by atoms with Crippen LogP contribution in [0, 0.1) is 10.8 Å². The molecule has 0 radical (unpaired) electrons. The Hall–Kier alpha value is -2.76. The van der Waals surface area contributed by atoms with Crippen molar-refractivity contribution in [3.63, 3.8) is 0 Å². The molecule has 13 heteroatoms. The molecule has 0 unspecified atom stereocenters. The normalized spacial score (nSPS) is 23.9. The van der Waals surface area contributed by atoms with Crippen LogP contribution in [0.5, 0.6) is 0 Å². The molecule has 4 rings (SSSR count). The van der Waals surface area contributed by atoms with E-state index in [9.17, 15) is 41.1 Å². The molecule has 0 aliphatic heterocycles. The molecule has 0 saturated heterocycles. The van der Waals surface area contributed by atoms with Crippen molar-refractivity contribution in [2.24, 2.45) is 10.8 Å². The number of benzene rings is 1. The molecule has 3 fully saturated rings. The highest BCUT2D eigenvalue weighted by molar-refractivity contribution is 6.38. The zero-order valence-electron chi connectivity index (χ0n) is 18.7. The minimum atomic E-state index is -4.40. The lowest BCUT2D eigenvalue weighted by atomic mass is 9.34. The first-order chi connectivity index (χ1) is 16.0. The monoisotopic (exact) mass is 523 g/mol. The summed E-state index contributed by atoms with van der Waals surface area (Å²) >= 11 is 5.95. The minimum absolute atomic E-state index is 0.0592. The number of carbonyl (C=O) groups is 4. The number of nitrogens with one attached hydrogen (secondary N) is 3. The summed E-state index contributed by atoms with van der Waals surface area (Å²) in [4.78, 5) is 49.7. The fourth-order valence-electron chi connectivity index (χ4n) is 4.58. The predicted octanol–water partition coefficient (Wildman–Crippen LogP) is 3.86. The number of alkyl halides is 5. The third kappa shape index (κ3) is 5.26. The van der Waals surface area contributed by atoms with E-state index < -0.39 is 65.3 Å². The van der Waals surface area contributed by atoms with Gasteiger partial charge in [-0.1, -0.05) is 11.6 Å². The zero-order valence-corrected chi connectivity index (χ0v) is 19.5. The van der Waals surface area contributed by atoms with E-state index in [1.807, 2.05) is 0 Å². The van der Waals surface area contributed by atoms with Gasteiger partial charge in [-0.15, -0.1) is 0 Å². The first kappa shape index (κ1) is 26.8. The molecule has 35 heavy (non-hydrogen) atoms. The van der Waals surface area contributed by atoms with Gasteiger partial charge in [-0.05, 0) is 50.8 Å². The highest BCUT2D eigenvalue weighted by Gasteiger charge is 2.80. The highest BCUT2D eigenvalue weighted by Crippen LogP contribution is 2.78. The van der Waals surface area contributed by atoms with Gasteiger partial charge in [0.1, 0.15) is 0 Å². The summed E-state index contributed by atoms with van der Waals surface area (Å²) < 4.78 is 66.0. The van der Waals surface area contributed by atoms with Gasteiger partial charge >= 0.3 is 6.18 Å². The van der Waals surface area contributed by atoms with Gasteiger partial charge in [0.25, 0.3) is 11.8 Å². The second-order valence-electron chi connectivity index (χ2n) is 9.31. The lowest BCUT2D eigenvalue weighted by molar-refractivity contribution is -0.349. The van der Waals surface area contributed by atoms with Gasteiger partial charge in [-0.2, -0.15) is 13.2 Å². The molecule has 7 nitrogen and oxygen atoms in total. The van der Waals surface area contributed by atoms with Crippen LogP contribution in [0.2, 0.25) is 5.02 Å². The van der Waals surface area contributed by atoms with Crippen molar-refractivity contribution >= 4 is 40.8 Å². The lowest BCUT2D eigenvalue weighted by Gasteiger charge is -2.69. The van der Waals surface area contributed by atoms with Crippen LogP contribution < -0.4 is 16.0 Å². The molecule has 3 aliphatic carbocycles. The van der Waals surface area contributed by atoms with Crippen LogP contribution in [0.1, 0.15) is 49.4 Å². The molecule has 0 spiro atoms. The average Bonchev–Trinajstić information content (AvgIpc) is 2.67. The van der Waals surface area contributed by atoms with Crippen LogP contribution in [-0.4, -0.2) is 48.7 Å². The Bertz CT molecular complexity index is 1050. The Balaban J connectivity index is 1.77. The lowest BCUT2D eigenvalue weighted by Crippen LogP contribution is -2.71. The van der Waals surface area contributed by atoms with Gasteiger partial charge in [-0.3, -0.25) is 19.2 Å². The molecule has 3 saturated carbocycles. The van der Waals surface area contributed by atoms with Crippen LogP contribution >= 0.6 is 11.6 Å². The third-order valence-electron chi connectivity index (χ3n) is 6.53. The highest BCUT2D eigenvalue weighted by atomic mass is 35.5. The molecule has 192 valence electrons. The SMILES string of the molecule is CNC(=O)C(=O)[C@H](CCC(C)(F)F)NC(=O)c1cc(Cl)ccc1NC(=O)C12CC(C(F)(F)F)(C1)C2. The van der Waals surface area contributed by atoms with Crippen molar-refractivity contribution in [1.29, 1.82) is 0 Å². The molecule has 3 aliphatic rings. The van der Waals surface area contributed by atoms with E-state index >= 15 is 0 Å². The van der Waals surface area contributed by atoms with Crippen LogP contribution in [0.25, 0.3) is 0 Å². The summed E-state index contributed by atoms with van der Waals surface area (Å²) in [5.74, 6) is -7.10. The predicted molar refractivity (Wildman–Crippen MR) is 115 cm³/mol. The third-order valence-corrected chi connectivity index (χ3v) is 6.77. The number of ketones is 1. The number of halogens is 6. The van der Waals surface area contributed by atoms with Gasteiger partial charge in [0.05, 0.1) is 28.1 Å². The number of hydrogen-bond donors (Lipinski definition) is 3. The number of rotatable bonds is 9. The number of amides is 3. The number of carbonyl (C=O) groups excluding carboxylic acids is 4. The van der Waals surface area contributed by atoms with E-state index in [4.69, 9.17) is 11.6 Å². The van der Waals surface area contributed by atoms with Gasteiger partial charge in [-0.25, -0.2) is 8.78 Å². The first-order valence-corrected chi connectivity index (χ1v) is 11.0. The van der Waals surface area contributed by atoms with Crippen LogP contribution in [0.15, 0.2) is 18.2 Å². The first-order valence-electron chi connectivity index (χ1n) is 10.6. The Morgan fingerprint density at radius 2 is 1.69 bits per heavy atom. The number of likely N-dealkylation sites (N-methyl/N-ethyl adjacent to an activating group) is 1. The average molecular weight is 524 g/mol. The largest absolute Gasteiger partial charge is 0.394 e. The maximum atomic E-state index is 13.3. The second kappa shape index (κ2) is 9.03. The van der Waals surface area contributed by atoms with Crippen molar-refractivity contribution in [3.8, 4) is 0 Å². The van der Waals surface area contributed by atoms with E-state index in [0.717, 1.165) is 13.1 Å². The van der Waals surface area contributed by atoms with Gasteiger partial charge in [0, 0.05) is 18.5 Å². The summed E-state index contributed by atoms with van der Waals surface area (Å²) in [7, 11) is 1.16. The fraction of sp³-hybridized carbons (Fsp3) is 0.545. The Morgan fingerprint density at radius 1 is 1.09 bits per heavy atom. The van der Waals surface area contributed by atoms with Crippen molar-refractivity contribution in [3.05, 3.63) is 28.8 Å². The van der Waals surface area contributed by atoms with E-state index in [-0.39, 0.29) is 35.5 Å².